The second-order valence-corrected chi connectivity index (χ2v) is 7.16. The Morgan fingerprint density at radius 2 is 1.66 bits per heavy atom. The molecule has 0 fully saturated rings. The highest BCUT2D eigenvalue weighted by Gasteiger charge is 2.24. The fourth-order valence-electron chi connectivity index (χ4n) is 3.68. The molecule has 4 rings (SSSR count). The van der Waals surface area contributed by atoms with E-state index in [9.17, 15) is 9.59 Å². The highest BCUT2D eigenvalue weighted by molar-refractivity contribution is 5.99. The number of carbonyl (C=O) groups is 2. The largest absolute Gasteiger partial charge is 0.342 e. The molecule has 29 heavy (non-hydrogen) atoms. The summed E-state index contributed by atoms with van der Waals surface area (Å²) in [5, 5.41) is 5.50. The molecule has 0 atom stereocenters. The maximum absolute atomic E-state index is 12.9. The van der Waals surface area contributed by atoms with Crippen molar-refractivity contribution >= 4 is 17.5 Å². The molecular weight excluding hydrogens is 364 g/mol. The normalized spacial score (nSPS) is 13.2. The van der Waals surface area contributed by atoms with Gasteiger partial charge in [0.1, 0.15) is 11.5 Å². The second kappa shape index (κ2) is 8.73. The maximum Gasteiger partial charge on any atom is 0.272 e. The average Bonchev–Trinajstić information content (AvgIpc) is 2.94. The first-order valence-electron chi connectivity index (χ1n) is 10.0. The van der Waals surface area contributed by atoms with E-state index < -0.39 is 0 Å². The van der Waals surface area contributed by atoms with Crippen LogP contribution < -0.4 is 10.6 Å². The fourth-order valence-corrected chi connectivity index (χ4v) is 3.68. The summed E-state index contributed by atoms with van der Waals surface area (Å²) in [6.45, 7) is 0.759. The van der Waals surface area contributed by atoms with Crippen LogP contribution in [0.4, 0.5) is 5.69 Å². The number of amides is 2. The van der Waals surface area contributed by atoms with Crippen molar-refractivity contribution in [1.29, 1.82) is 0 Å². The van der Waals surface area contributed by atoms with Crippen LogP contribution >= 0.6 is 0 Å². The van der Waals surface area contributed by atoms with E-state index in [-0.39, 0.29) is 18.4 Å². The number of benzene rings is 2. The van der Waals surface area contributed by atoms with Crippen LogP contribution in [-0.4, -0.2) is 27.9 Å². The van der Waals surface area contributed by atoms with Gasteiger partial charge in [0.15, 0.2) is 0 Å². The van der Waals surface area contributed by atoms with Crippen LogP contribution in [-0.2, 0) is 17.8 Å². The Kier molecular flexibility index (Phi) is 5.70. The molecular formula is C23H24N4O2. The summed E-state index contributed by atoms with van der Waals surface area (Å²) in [7, 11) is 0. The first-order valence-corrected chi connectivity index (χ1v) is 10.0. The topological polar surface area (TPSA) is 76.0 Å². The van der Waals surface area contributed by atoms with Gasteiger partial charge in [-0.1, -0.05) is 55.0 Å². The van der Waals surface area contributed by atoms with E-state index in [2.05, 4.69) is 20.2 Å². The highest BCUT2D eigenvalue weighted by atomic mass is 16.2. The van der Waals surface area contributed by atoms with Crippen LogP contribution in [0.15, 0.2) is 60.7 Å². The summed E-state index contributed by atoms with van der Waals surface area (Å²) in [5.41, 5.74) is 3.09. The first-order chi connectivity index (χ1) is 14.2. The van der Waals surface area contributed by atoms with Crippen LogP contribution in [0.5, 0.6) is 0 Å². The summed E-state index contributed by atoms with van der Waals surface area (Å²) < 4.78 is 2.17. The Hall–Kier alpha value is -3.41. The van der Waals surface area contributed by atoms with Crippen molar-refractivity contribution in [2.24, 2.45) is 0 Å². The van der Waals surface area contributed by atoms with Crippen LogP contribution in [0.2, 0.25) is 0 Å². The minimum Gasteiger partial charge on any atom is -0.342 e. The summed E-state index contributed by atoms with van der Waals surface area (Å²) in [4.78, 5) is 29.7. The van der Waals surface area contributed by atoms with Gasteiger partial charge in [0.25, 0.3) is 5.91 Å². The molecule has 1 aliphatic heterocycles. The van der Waals surface area contributed by atoms with E-state index in [0.29, 0.717) is 11.4 Å². The van der Waals surface area contributed by atoms with Gasteiger partial charge in [0.05, 0.1) is 12.2 Å². The van der Waals surface area contributed by atoms with Gasteiger partial charge >= 0.3 is 0 Å². The molecule has 0 radical (unpaired) electrons. The zero-order chi connectivity index (χ0) is 20.1. The lowest BCUT2D eigenvalue weighted by Gasteiger charge is -2.09. The van der Waals surface area contributed by atoms with Gasteiger partial charge in [0.2, 0.25) is 5.91 Å². The Morgan fingerprint density at radius 3 is 2.41 bits per heavy atom. The van der Waals surface area contributed by atoms with E-state index in [0.717, 1.165) is 49.3 Å². The van der Waals surface area contributed by atoms with Crippen LogP contribution in [0.1, 0.15) is 35.4 Å². The molecule has 0 unspecified atom stereocenters. The summed E-state index contributed by atoms with van der Waals surface area (Å²) in [6, 6.07) is 19.1. The number of nitrogens with one attached hydrogen (secondary N) is 2. The Balaban J connectivity index is 1.52. The minimum absolute atomic E-state index is 0.0965. The van der Waals surface area contributed by atoms with Crippen molar-refractivity contribution in [3.63, 3.8) is 0 Å². The van der Waals surface area contributed by atoms with Gasteiger partial charge in [0, 0.05) is 17.8 Å². The number of aromatic nitrogens is 2. The van der Waals surface area contributed by atoms with Gasteiger partial charge < -0.3 is 15.2 Å². The Morgan fingerprint density at radius 1 is 0.931 bits per heavy atom. The molecule has 3 aromatic rings. The molecule has 2 heterocycles. The van der Waals surface area contributed by atoms with Gasteiger partial charge in [-0.05, 0) is 31.4 Å². The minimum atomic E-state index is -0.305. The third-order valence-electron chi connectivity index (χ3n) is 5.08. The van der Waals surface area contributed by atoms with Gasteiger partial charge in [-0.25, -0.2) is 4.98 Å². The van der Waals surface area contributed by atoms with Crippen LogP contribution in [0, 0.1) is 0 Å². The smallest absolute Gasteiger partial charge is 0.272 e. The molecule has 1 aliphatic rings. The predicted octanol–water partition coefficient (Wildman–Crippen LogP) is 3.65. The first kappa shape index (κ1) is 18.9. The number of hydrogen-bond acceptors (Lipinski definition) is 3. The molecule has 2 aromatic carbocycles. The summed E-state index contributed by atoms with van der Waals surface area (Å²) >= 11 is 0. The molecule has 0 saturated heterocycles. The van der Waals surface area contributed by atoms with Crippen LogP contribution in [0.3, 0.4) is 0 Å². The zero-order valence-corrected chi connectivity index (χ0v) is 16.2. The van der Waals surface area contributed by atoms with E-state index in [1.807, 2.05) is 48.5 Å². The Bertz CT molecular complexity index is 996. The maximum atomic E-state index is 12.9. The SMILES string of the molecule is O=C(CNC(=O)c1nc(-c2ccccc2)n2c1CCCCC2)Nc1ccccc1. The number of carbonyl (C=O) groups excluding carboxylic acids is 2. The molecule has 6 nitrogen and oxygen atoms in total. The number of hydrogen-bond donors (Lipinski definition) is 2. The molecule has 0 bridgehead atoms. The van der Waals surface area contributed by atoms with E-state index in [1.54, 1.807) is 12.1 Å². The molecule has 0 spiro atoms. The van der Waals surface area contributed by atoms with Crippen molar-refractivity contribution in [3.8, 4) is 11.4 Å². The summed E-state index contributed by atoms with van der Waals surface area (Å²) in [6.07, 6.45) is 4.06. The number of anilines is 1. The lowest BCUT2D eigenvalue weighted by atomic mass is 10.1. The van der Waals surface area contributed by atoms with Crippen molar-refractivity contribution in [1.82, 2.24) is 14.9 Å². The highest BCUT2D eigenvalue weighted by Crippen LogP contribution is 2.27. The van der Waals surface area contributed by atoms with E-state index in [4.69, 9.17) is 0 Å². The number of rotatable bonds is 5. The van der Waals surface area contributed by atoms with Gasteiger partial charge in [-0.2, -0.15) is 0 Å². The van der Waals surface area contributed by atoms with Gasteiger partial charge in [-0.3, -0.25) is 9.59 Å². The van der Waals surface area contributed by atoms with Gasteiger partial charge in [-0.15, -0.1) is 0 Å². The monoisotopic (exact) mass is 388 g/mol. The molecule has 148 valence electrons. The Labute approximate surface area is 170 Å². The number of imidazole rings is 1. The molecule has 0 saturated carbocycles. The van der Waals surface area contributed by atoms with Crippen LogP contribution in [0.25, 0.3) is 11.4 Å². The zero-order valence-electron chi connectivity index (χ0n) is 16.2. The third kappa shape index (κ3) is 4.37. The average molecular weight is 388 g/mol. The lowest BCUT2D eigenvalue weighted by Crippen LogP contribution is -2.33. The molecule has 0 aliphatic carbocycles. The predicted molar refractivity (Wildman–Crippen MR) is 113 cm³/mol. The molecule has 1 aromatic heterocycles. The third-order valence-corrected chi connectivity index (χ3v) is 5.08. The van der Waals surface area contributed by atoms with Crippen molar-refractivity contribution in [2.75, 3.05) is 11.9 Å². The summed E-state index contributed by atoms with van der Waals surface area (Å²) in [5.74, 6) is 0.251. The quantitative estimate of drug-likeness (QED) is 0.701. The lowest BCUT2D eigenvalue weighted by molar-refractivity contribution is -0.115. The second-order valence-electron chi connectivity index (χ2n) is 7.16. The fraction of sp³-hybridized carbons (Fsp3) is 0.261. The van der Waals surface area contributed by atoms with E-state index >= 15 is 0 Å². The number of para-hydroxylation sites is 1. The molecule has 6 heteroatoms. The number of nitrogens with zero attached hydrogens (tertiary/aromatic N) is 2. The van der Waals surface area contributed by atoms with E-state index in [1.165, 1.54) is 0 Å². The standard InChI is InChI=1S/C23H24N4O2/c28-20(25-18-12-6-2-7-13-18)16-24-23(29)21-19-14-8-3-9-15-27(19)22(26-21)17-10-4-1-5-11-17/h1-2,4-7,10-13H,3,8-9,14-16H2,(H,24,29)(H,25,28). The van der Waals surface area contributed by atoms with Crippen molar-refractivity contribution < 1.29 is 9.59 Å². The van der Waals surface area contributed by atoms with Crippen molar-refractivity contribution in [2.45, 2.75) is 32.2 Å². The van der Waals surface area contributed by atoms with Crippen molar-refractivity contribution in [3.05, 3.63) is 72.1 Å². The number of fused-ring (bicyclic) bond motifs is 1. The molecule has 2 amide bonds. The molecule has 2 N–H and O–H groups in total.